The van der Waals surface area contributed by atoms with Crippen LogP contribution in [0, 0.1) is 0 Å². The molecule has 0 atom stereocenters. The second kappa shape index (κ2) is 7.12. The van der Waals surface area contributed by atoms with Crippen molar-refractivity contribution in [3.8, 4) is 28.5 Å². The van der Waals surface area contributed by atoms with Gasteiger partial charge in [-0.2, -0.15) is 0 Å². The Balaban J connectivity index is 1.61. The Morgan fingerprint density at radius 3 is 2.67 bits per heavy atom. The van der Waals surface area contributed by atoms with Gasteiger partial charge in [0.15, 0.2) is 11.5 Å². The molecule has 0 aliphatic heterocycles. The summed E-state index contributed by atoms with van der Waals surface area (Å²) in [7, 11) is 1.63. The molecular formula is C21H15N5O3S. The lowest BCUT2D eigenvalue weighted by atomic mass is 10.1. The van der Waals surface area contributed by atoms with Crippen LogP contribution in [-0.2, 0) is 0 Å². The van der Waals surface area contributed by atoms with Crippen molar-refractivity contribution in [1.29, 1.82) is 0 Å². The van der Waals surface area contributed by atoms with Crippen LogP contribution in [0.4, 0.5) is 11.5 Å². The van der Waals surface area contributed by atoms with Gasteiger partial charge in [-0.05, 0) is 29.8 Å². The molecule has 2 aromatic carbocycles. The molecule has 5 rings (SSSR count). The number of H-pyrrole nitrogens is 1. The second-order valence-corrected chi connectivity index (χ2v) is 7.37. The van der Waals surface area contributed by atoms with Crippen LogP contribution in [0.2, 0.25) is 0 Å². The summed E-state index contributed by atoms with van der Waals surface area (Å²) in [6, 6.07) is 12.4. The summed E-state index contributed by atoms with van der Waals surface area (Å²) in [5.41, 5.74) is 2.76. The maximum Gasteiger partial charge on any atom is 0.218 e. The molecule has 9 heteroatoms. The van der Waals surface area contributed by atoms with Crippen molar-refractivity contribution in [2.24, 2.45) is 10.2 Å². The molecule has 0 aliphatic rings. The number of ether oxygens (including phenoxy) is 1. The monoisotopic (exact) mass is 417 g/mol. The van der Waals surface area contributed by atoms with E-state index in [1.165, 1.54) is 29.8 Å². The number of nitrogens with one attached hydrogen (secondary N) is 1. The Hall–Kier alpha value is -3.98. The molecule has 0 unspecified atom stereocenters. The van der Waals surface area contributed by atoms with E-state index in [1.807, 2.05) is 29.6 Å². The van der Waals surface area contributed by atoms with E-state index < -0.39 is 0 Å². The molecule has 3 aromatic heterocycles. The molecule has 3 N–H and O–H groups in total. The van der Waals surface area contributed by atoms with Gasteiger partial charge in [0.25, 0.3) is 0 Å². The van der Waals surface area contributed by atoms with Crippen molar-refractivity contribution in [3.05, 3.63) is 54.2 Å². The first kappa shape index (κ1) is 18.1. The molecule has 148 valence electrons. The predicted molar refractivity (Wildman–Crippen MR) is 115 cm³/mol. The maximum atomic E-state index is 10.2. The summed E-state index contributed by atoms with van der Waals surface area (Å²) in [6.07, 6.45) is 1.44. The Morgan fingerprint density at radius 1 is 1.03 bits per heavy atom. The first-order chi connectivity index (χ1) is 14.6. The van der Waals surface area contributed by atoms with Crippen LogP contribution in [0.1, 0.15) is 0 Å². The zero-order chi connectivity index (χ0) is 20.7. The van der Waals surface area contributed by atoms with Gasteiger partial charge in [0.2, 0.25) is 5.88 Å². The minimum atomic E-state index is -0.134. The largest absolute Gasteiger partial charge is 0.508 e. The highest BCUT2D eigenvalue weighted by Crippen LogP contribution is 2.41. The number of fused-ring (bicyclic) bond motifs is 2. The van der Waals surface area contributed by atoms with Crippen LogP contribution >= 0.6 is 11.3 Å². The fourth-order valence-electron chi connectivity index (χ4n) is 3.27. The van der Waals surface area contributed by atoms with Crippen molar-refractivity contribution in [3.63, 3.8) is 0 Å². The van der Waals surface area contributed by atoms with Crippen LogP contribution in [-0.4, -0.2) is 32.3 Å². The normalized spacial score (nSPS) is 11.6. The number of aromatic amines is 1. The minimum absolute atomic E-state index is 0.0900. The van der Waals surface area contributed by atoms with E-state index in [0.717, 1.165) is 27.1 Å². The van der Waals surface area contributed by atoms with E-state index in [2.05, 4.69) is 25.2 Å². The number of hydrogen-bond acceptors (Lipinski definition) is 8. The van der Waals surface area contributed by atoms with E-state index in [1.54, 1.807) is 13.2 Å². The van der Waals surface area contributed by atoms with E-state index in [-0.39, 0.29) is 17.3 Å². The summed E-state index contributed by atoms with van der Waals surface area (Å²) >= 11 is 1.50. The molecule has 30 heavy (non-hydrogen) atoms. The minimum Gasteiger partial charge on any atom is -0.508 e. The lowest BCUT2D eigenvalue weighted by Crippen LogP contribution is -1.83. The van der Waals surface area contributed by atoms with Crippen LogP contribution in [0.5, 0.6) is 17.4 Å². The van der Waals surface area contributed by atoms with Gasteiger partial charge in [-0.1, -0.05) is 12.1 Å². The standard InChI is InChI=1S/C21H15N5O3S/c1-29-13-5-2-11(3-6-13)15-9-30-21-17(15)19(22-10-23-21)26-25-18-14-7-4-12(27)8-16(14)24-20(18)28/h2-10,24,27-28H,1H3. The molecule has 8 nitrogen and oxygen atoms in total. The summed E-state index contributed by atoms with van der Waals surface area (Å²) in [5, 5.41) is 31.8. The Morgan fingerprint density at radius 2 is 1.87 bits per heavy atom. The number of hydrogen-bond donors (Lipinski definition) is 3. The predicted octanol–water partition coefficient (Wildman–Crippen LogP) is 5.67. The van der Waals surface area contributed by atoms with Gasteiger partial charge in [-0.25, -0.2) is 9.97 Å². The van der Waals surface area contributed by atoms with Crippen molar-refractivity contribution in [2.45, 2.75) is 0 Å². The number of phenolic OH excluding ortho intramolecular Hbond substituents is 1. The molecule has 3 heterocycles. The summed E-state index contributed by atoms with van der Waals surface area (Å²) in [4.78, 5) is 12.2. The number of thiophene rings is 1. The lowest BCUT2D eigenvalue weighted by Gasteiger charge is -2.03. The molecule has 0 saturated heterocycles. The van der Waals surface area contributed by atoms with E-state index in [4.69, 9.17) is 4.74 Å². The highest BCUT2D eigenvalue weighted by Gasteiger charge is 2.15. The Kier molecular flexibility index (Phi) is 4.29. The Bertz CT molecular complexity index is 1410. The molecule has 0 amide bonds. The zero-order valence-corrected chi connectivity index (χ0v) is 16.5. The maximum absolute atomic E-state index is 10.2. The van der Waals surface area contributed by atoms with Crippen molar-refractivity contribution < 1.29 is 14.9 Å². The van der Waals surface area contributed by atoms with Gasteiger partial charge in [0.05, 0.1) is 18.0 Å². The summed E-state index contributed by atoms with van der Waals surface area (Å²) in [6.45, 7) is 0. The quantitative estimate of drug-likeness (QED) is 0.326. The van der Waals surface area contributed by atoms with Crippen LogP contribution in [0.25, 0.3) is 32.2 Å². The van der Waals surface area contributed by atoms with E-state index >= 15 is 0 Å². The molecule has 0 fully saturated rings. The van der Waals surface area contributed by atoms with Gasteiger partial charge in [0, 0.05) is 22.4 Å². The Labute approximate surface area is 174 Å². The van der Waals surface area contributed by atoms with Gasteiger partial charge in [-0.15, -0.1) is 21.6 Å². The van der Waals surface area contributed by atoms with Gasteiger partial charge in [0.1, 0.15) is 22.7 Å². The van der Waals surface area contributed by atoms with Crippen molar-refractivity contribution >= 4 is 44.0 Å². The molecule has 5 aromatic rings. The number of phenols is 1. The highest BCUT2D eigenvalue weighted by atomic mass is 32.1. The van der Waals surface area contributed by atoms with E-state index in [0.29, 0.717) is 16.7 Å². The van der Waals surface area contributed by atoms with Crippen molar-refractivity contribution in [1.82, 2.24) is 15.0 Å². The molecular weight excluding hydrogens is 402 g/mol. The zero-order valence-electron chi connectivity index (χ0n) is 15.7. The van der Waals surface area contributed by atoms with Gasteiger partial charge in [-0.3, -0.25) is 0 Å². The molecule has 0 bridgehead atoms. The average Bonchev–Trinajstić information content (AvgIpc) is 3.33. The number of nitrogens with zero attached hydrogens (tertiary/aromatic N) is 4. The van der Waals surface area contributed by atoms with Crippen molar-refractivity contribution in [2.75, 3.05) is 7.11 Å². The lowest BCUT2D eigenvalue weighted by molar-refractivity contribution is 0.415. The van der Waals surface area contributed by atoms with Crippen LogP contribution < -0.4 is 4.74 Å². The molecule has 0 spiro atoms. The summed E-state index contributed by atoms with van der Waals surface area (Å²) in [5.74, 6) is 1.13. The number of rotatable bonds is 4. The topological polar surface area (TPSA) is 116 Å². The third-order valence-electron chi connectivity index (χ3n) is 4.73. The number of aromatic hydroxyl groups is 2. The van der Waals surface area contributed by atoms with Gasteiger partial charge >= 0.3 is 0 Å². The SMILES string of the molecule is COc1ccc(-c2csc3ncnc(N=Nc4c(O)[nH]c5cc(O)ccc45)c23)cc1. The number of methoxy groups -OCH3 is 1. The fraction of sp³-hybridized carbons (Fsp3) is 0.0476. The molecule has 0 saturated carbocycles. The smallest absolute Gasteiger partial charge is 0.218 e. The third kappa shape index (κ3) is 3.01. The third-order valence-corrected chi connectivity index (χ3v) is 5.62. The van der Waals surface area contributed by atoms with Crippen LogP contribution in [0.3, 0.4) is 0 Å². The average molecular weight is 417 g/mol. The molecule has 0 radical (unpaired) electrons. The number of benzene rings is 2. The van der Waals surface area contributed by atoms with Crippen LogP contribution in [0.15, 0.2) is 64.4 Å². The number of aromatic nitrogens is 3. The summed E-state index contributed by atoms with van der Waals surface area (Å²) < 4.78 is 5.23. The first-order valence-corrected chi connectivity index (χ1v) is 9.84. The highest BCUT2D eigenvalue weighted by molar-refractivity contribution is 7.17. The first-order valence-electron chi connectivity index (χ1n) is 8.96. The van der Waals surface area contributed by atoms with E-state index in [9.17, 15) is 10.2 Å². The number of azo groups is 1. The fourth-order valence-corrected chi connectivity index (χ4v) is 4.18. The second-order valence-electron chi connectivity index (χ2n) is 6.51. The molecule has 0 aliphatic carbocycles. The van der Waals surface area contributed by atoms with Gasteiger partial charge < -0.3 is 19.9 Å².